The van der Waals surface area contributed by atoms with Gasteiger partial charge in [-0.1, -0.05) is 0 Å². The topological polar surface area (TPSA) is 39.2 Å². The molecule has 0 radical (unpaired) electrons. The first-order valence-corrected chi connectivity index (χ1v) is 5.96. The van der Waals surface area contributed by atoms with Crippen LogP contribution in [0.3, 0.4) is 0 Å². The van der Waals surface area contributed by atoms with Gasteiger partial charge < -0.3 is 10.2 Å². The Bertz CT molecular complexity index is 594. The number of benzene rings is 1. The van der Waals surface area contributed by atoms with Gasteiger partial charge in [-0.3, -0.25) is 0 Å². The zero-order valence-electron chi connectivity index (χ0n) is 9.34. The lowest BCUT2D eigenvalue weighted by Crippen LogP contribution is -2.15. The van der Waals surface area contributed by atoms with Crippen molar-refractivity contribution in [1.29, 1.82) is 0 Å². The molecular weight excluding hydrogens is 330 g/mol. The number of hydrogen-bond donors (Lipinski definition) is 1. The SMILES string of the molecule is NC(c1ccc(Br)o1)c1cc(C(F)(F)F)ccc1F. The summed E-state index contributed by atoms with van der Waals surface area (Å²) in [6, 6.07) is 4.00. The number of hydrogen-bond acceptors (Lipinski definition) is 2. The van der Waals surface area contributed by atoms with E-state index in [1.807, 2.05) is 0 Å². The molecule has 102 valence electrons. The quantitative estimate of drug-likeness (QED) is 0.832. The number of halogens is 5. The Labute approximate surface area is 114 Å². The molecule has 2 N–H and O–H groups in total. The van der Waals surface area contributed by atoms with Crippen LogP contribution in [-0.4, -0.2) is 0 Å². The lowest BCUT2D eigenvalue weighted by molar-refractivity contribution is -0.137. The van der Waals surface area contributed by atoms with Crippen LogP contribution < -0.4 is 5.73 Å². The molecule has 0 bridgehead atoms. The van der Waals surface area contributed by atoms with Crippen molar-refractivity contribution in [2.24, 2.45) is 5.73 Å². The zero-order chi connectivity index (χ0) is 14.2. The average Bonchev–Trinajstić information content (AvgIpc) is 2.74. The molecule has 19 heavy (non-hydrogen) atoms. The standard InChI is InChI=1S/C12H8BrF4NO/c13-10-4-3-9(19-10)11(18)7-5-6(12(15,16)17)1-2-8(7)14/h1-5,11H,18H2. The molecule has 0 aliphatic carbocycles. The fraction of sp³-hybridized carbons (Fsp3) is 0.167. The summed E-state index contributed by atoms with van der Waals surface area (Å²) in [7, 11) is 0. The van der Waals surface area contributed by atoms with Gasteiger partial charge in [0.15, 0.2) is 4.67 Å². The zero-order valence-corrected chi connectivity index (χ0v) is 10.9. The summed E-state index contributed by atoms with van der Waals surface area (Å²) in [6.07, 6.45) is -4.55. The second-order valence-corrected chi connectivity index (χ2v) is 4.64. The molecule has 1 heterocycles. The van der Waals surface area contributed by atoms with E-state index >= 15 is 0 Å². The first kappa shape index (κ1) is 14.1. The maximum absolute atomic E-state index is 13.6. The molecule has 0 amide bonds. The van der Waals surface area contributed by atoms with Crippen LogP contribution in [0.1, 0.15) is 22.9 Å². The molecule has 0 spiro atoms. The fourth-order valence-electron chi connectivity index (χ4n) is 1.61. The van der Waals surface area contributed by atoms with Crippen LogP contribution in [0, 0.1) is 5.82 Å². The molecule has 2 nitrogen and oxygen atoms in total. The van der Waals surface area contributed by atoms with Crippen molar-refractivity contribution in [1.82, 2.24) is 0 Å². The van der Waals surface area contributed by atoms with Gasteiger partial charge in [0.2, 0.25) is 0 Å². The van der Waals surface area contributed by atoms with Gasteiger partial charge in [-0.15, -0.1) is 0 Å². The van der Waals surface area contributed by atoms with Crippen molar-refractivity contribution in [3.63, 3.8) is 0 Å². The second kappa shape index (κ2) is 4.97. The third-order valence-electron chi connectivity index (χ3n) is 2.56. The second-order valence-electron chi connectivity index (χ2n) is 3.85. The summed E-state index contributed by atoms with van der Waals surface area (Å²) in [4.78, 5) is 0. The average molecular weight is 338 g/mol. The summed E-state index contributed by atoms with van der Waals surface area (Å²) in [5.41, 5.74) is 4.50. The number of rotatable bonds is 2. The summed E-state index contributed by atoms with van der Waals surface area (Å²) < 4.78 is 56.8. The Morgan fingerprint density at radius 2 is 1.84 bits per heavy atom. The number of furan rings is 1. The van der Waals surface area contributed by atoms with E-state index in [1.165, 1.54) is 12.1 Å². The first-order chi connectivity index (χ1) is 8.79. The van der Waals surface area contributed by atoms with E-state index in [2.05, 4.69) is 15.9 Å². The van der Waals surface area contributed by atoms with Crippen LogP contribution in [0.2, 0.25) is 0 Å². The minimum absolute atomic E-state index is 0.171. The molecule has 0 aliphatic rings. The lowest BCUT2D eigenvalue weighted by atomic mass is 10.0. The van der Waals surface area contributed by atoms with Gasteiger partial charge in [0.25, 0.3) is 0 Å². The van der Waals surface area contributed by atoms with Gasteiger partial charge >= 0.3 is 6.18 Å². The van der Waals surface area contributed by atoms with Crippen LogP contribution in [-0.2, 0) is 6.18 Å². The predicted octanol–water partition coefficient (Wildman–Crippen LogP) is 4.25. The fourth-order valence-corrected chi connectivity index (χ4v) is 1.93. The number of nitrogens with two attached hydrogens (primary N) is 1. The highest BCUT2D eigenvalue weighted by molar-refractivity contribution is 9.10. The Hall–Kier alpha value is -1.34. The summed E-state index contributed by atoms with van der Waals surface area (Å²) >= 11 is 3.04. The van der Waals surface area contributed by atoms with E-state index < -0.39 is 23.6 Å². The molecule has 1 aromatic heterocycles. The van der Waals surface area contributed by atoms with E-state index in [9.17, 15) is 17.6 Å². The van der Waals surface area contributed by atoms with Crippen molar-refractivity contribution in [2.45, 2.75) is 12.2 Å². The highest BCUT2D eigenvalue weighted by Gasteiger charge is 2.32. The van der Waals surface area contributed by atoms with Crippen molar-refractivity contribution in [2.75, 3.05) is 0 Å². The monoisotopic (exact) mass is 337 g/mol. The summed E-state index contributed by atoms with van der Waals surface area (Å²) in [5.74, 6) is -0.641. The predicted molar refractivity (Wildman–Crippen MR) is 63.8 cm³/mol. The van der Waals surface area contributed by atoms with Gasteiger partial charge in [0.05, 0.1) is 11.6 Å². The molecule has 7 heteroatoms. The van der Waals surface area contributed by atoms with Crippen LogP contribution in [0.4, 0.5) is 17.6 Å². The molecule has 0 aliphatic heterocycles. The summed E-state index contributed by atoms with van der Waals surface area (Å²) in [5, 5.41) is 0. The Kier molecular flexibility index (Phi) is 3.69. The molecule has 0 fully saturated rings. The van der Waals surface area contributed by atoms with Crippen molar-refractivity contribution in [3.05, 3.63) is 57.7 Å². The molecule has 1 aromatic carbocycles. The maximum atomic E-state index is 13.6. The van der Waals surface area contributed by atoms with Gasteiger partial charge in [-0.25, -0.2) is 4.39 Å². The van der Waals surface area contributed by atoms with E-state index in [-0.39, 0.29) is 11.3 Å². The maximum Gasteiger partial charge on any atom is 0.416 e. The summed E-state index contributed by atoms with van der Waals surface area (Å²) in [6.45, 7) is 0. The highest BCUT2D eigenvalue weighted by atomic mass is 79.9. The van der Waals surface area contributed by atoms with Crippen molar-refractivity contribution in [3.8, 4) is 0 Å². The largest absolute Gasteiger partial charge is 0.452 e. The molecule has 2 aromatic rings. The van der Waals surface area contributed by atoms with E-state index in [0.717, 1.165) is 6.07 Å². The minimum atomic E-state index is -4.55. The van der Waals surface area contributed by atoms with Crippen LogP contribution in [0.5, 0.6) is 0 Å². The minimum Gasteiger partial charge on any atom is -0.452 e. The van der Waals surface area contributed by atoms with E-state index in [1.54, 1.807) is 0 Å². The van der Waals surface area contributed by atoms with Crippen molar-refractivity contribution < 1.29 is 22.0 Å². The van der Waals surface area contributed by atoms with Crippen LogP contribution >= 0.6 is 15.9 Å². The first-order valence-electron chi connectivity index (χ1n) is 5.16. The molecular formula is C12H8BrF4NO. The van der Waals surface area contributed by atoms with E-state index in [0.29, 0.717) is 16.8 Å². The number of alkyl halides is 3. The molecule has 1 unspecified atom stereocenters. The third kappa shape index (κ3) is 2.98. The van der Waals surface area contributed by atoms with Crippen molar-refractivity contribution >= 4 is 15.9 Å². The molecule has 1 atom stereocenters. The van der Waals surface area contributed by atoms with Crippen LogP contribution in [0.25, 0.3) is 0 Å². The Morgan fingerprint density at radius 3 is 2.37 bits per heavy atom. The van der Waals surface area contributed by atoms with Gasteiger partial charge in [-0.05, 0) is 46.3 Å². The molecule has 0 saturated heterocycles. The third-order valence-corrected chi connectivity index (χ3v) is 2.99. The molecule has 2 rings (SSSR count). The van der Waals surface area contributed by atoms with E-state index in [4.69, 9.17) is 10.2 Å². The Morgan fingerprint density at radius 1 is 1.16 bits per heavy atom. The molecule has 0 saturated carbocycles. The van der Waals surface area contributed by atoms with Gasteiger partial charge in [-0.2, -0.15) is 13.2 Å². The Balaban J connectivity index is 2.44. The lowest BCUT2D eigenvalue weighted by Gasteiger charge is -2.13. The highest BCUT2D eigenvalue weighted by Crippen LogP contribution is 2.33. The van der Waals surface area contributed by atoms with Crippen LogP contribution in [0.15, 0.2) is 39.4 Å². The normalized spacial score (nSPS) is 13.6. The van der Waals surface area contributed by atoms with Gasteiger partial charge in [0.1, 0.15) is 11.6 Å². The smallest absolute Gasteiger partial charge is 0.416 e. The van der Waals surface area contributed by atoms with Gasteiger partial charge in [0, 0.05) is 5.56 Å².